The van der Waals surface area contributed by atoms with Crippen LogP contribution in [0.15, 0.2) is 59.0 Å². The molecule has 2 aromatic heterocycles. The predicted octanol–water partition coefficient (Wildman–Crippen LogP) is 5.06. The fourth-order valence-corrected chi connectivity index (χ4v) is 3.95. The fourth-order valence-electron chi connectivity index (χ4n) is 3.03. The van der Waals surface area contributed by atoms with E-state index >= 15 is 0 Å². The number of benzene rings is 2. The van der Waals surface area contributed by atoms with Crippen LogP contribution >= 0.6 is 11.3 Å². The summed E-state index contributed by atoms with van der Waals surface area (Å²) in [4.78, 5) is 17.2. The van der Waals surface area contributed by atoms with Crippen molar-refractivity contribution in [2.45, 2.75) is 13.0 Å². The lowest BCUT2D eigenvalue weighted by molar-refractivity contribution is 0.0912. The first-order valence-electron chi connectivity index (χ1n) is 9.07. The van der Waals surface area contributed by atoms with Gasteiger partial charge in [-0.15, -0.1) is 11.3 Å². The first kappa shape index (κ1) is 19.0. The Bertz CT molecular complexity index is 1130. The van der Waals surface area contributed by atoms with Gasteiger partial charge in [0.1, 0.15) is 0 Å². The molecule has 2 aromatic carbocycles. The van der Waals surface area contributed by atoms with Crippen LogP contribution in [0.5, 0.6) is 11.5 Å². The molecule has 4 aromatic rings. The third-order valence-corrected chi connectivity index (χ3v) is 5.64. The van der Waals surface area contributed by atoms with Gasteiger partial charge in [0.2, 0.25) is 0 Å². The average molecular weight is 408 g/mol. The number of methoxy groups -OCH3 is 2. The van der Waals surface area contributed by atoms with E-state index in [1.54, 1.807) is 26.4 Å². The number of carbonyl (C=O) groups is 1. The normalized spacial score (nSPS) is 12.0. The van der Waals surface area contributed by atoms with E-state index < -0.39 is 0 Å². The summed E-state index contributed by atoms with van der Waals surface area (Å²) in [5.74, 6) is 1.78. The van der Waals surface area contributed by atoms with Crippen molar-refractivity contribution in [3.05, 3.63) is 65.9 Å². The Hall–Kier alpha value is -3.32. The van der Waals surface area contributed by atoms with Gasteiger partial charge in [-0.3, -0.25) is 4.79 Å². The van der Waals surface area contributed by atoms with Crippen molar-refractivity contribution >= 4 is 27.5 Å². The van der Waals surface area contributed by atoms with E-state index in [9.17, 15) is 4.79 Å². The molecule has 0 fully saturated rings. The molecule has 0 radical (unpaired) electrons. The second-order valence-electron chi connectivity index (χ2n) is 6.46. The lowest BCUT2D eigenvalue weighted by atomic mass is 10.1. The van der Waals surface area contributed by atoms with Gasteiger partial charge in [0.05, 0.1) is 30.5 Å². The third-order valence-electron chi connectivity index (χ3n) is 4.59. The number of hydrogen-bond acceptors (Lipinski definition) is 6. The predicted molar refractivity (Wildman–Crippen MR) is 113 cm³/mol. The van der Waals surface area contributed by atoms with Crippen LogP contribution in [0.3, 0.4) is 0 Å². The molecule has 0 spiro atoms. The fraction of sp³-hybridized carbons (Fsp3) is 0.182. The Morgan fingerprint density at radius 1 is 1.07 bits per heavy atom. The Morgan fingerprint density at radius 3 is 2.62 bits per heavy atom. The van der Waals surface area contributed by atoms with Crippen LogP contribution in [-0.4, -0.2) is 25.1 Å². The Balaban J connectivity index is 1.50. The van der Waals surface area contributed by atoms with Crippen LogP contribution in [-0.2, 0) is 0 Å². The molecule has 1 unspecified atom stereocenters. The standard InChI is InChI=1S/C22H20N2O4S/c1-13(14-8-9-16(26-2)19(12-14)27-3)23-21(25)17-10-11-18(28-17)22-24-15-6-4-5-7-20(15)29-22/h4-13H,1-3H3,(H,23,25). The van der Waals surface area contributed by atoms with Gasteiger partial charge < -0.3 is 19.2 Å². The van der Waals surface area contributed by atoms with E-state index in [-0.39, 0.29) is 17.7 Å². The lowest BCUT2D eigenvalue weighted by Crippen LogP contribution is -2.26. The van der Waals surface area contributed by atoms with Gasteiger partial charge in [0.15, 0.2) is 28.0 Å². The van der Waals surface area contributed by atoms with E-state index in [4.69, 9.17) is 13.9 Å². The number of thiazole rings is 1. The minimum absolute atomic E-state index is 0.238. The van der Waals surface area contributed by atoms with E-state index in [1.165, 1.54) is 11.3 Å². The number of hydrogen-bond donors (Lipinski definition) is 1. The second kappa shape index (κ2) is 7.97. The van der Waals surface area contributed by atoms with Crippen molar-refractivity contribution in [3.63, 3.8) is 0 Å². The molecule has 1 N–H and O–H groups in total. The molecule has 0 aliphatic rings. The summed E-state index contributed by atoms with van der Waals surface area (Å²) in [5, 5.41) is 3.69. The number of rotatable bonds is 6. The quantitative estimate of drug-likeness (QED) is 0.482. The van der Waals surface area contributed by atoms with E-state index in [2.05, 4.69) is 10.3 Å². The molecule has 0 aliphatic carbocycles. The largest absolute Gasteiger partial charge is 0.493 e. The molecule has 2 heterocycles. The van der Waals surface area contributed by atoms with Gasteiger partial charge >= 0.3 is 0 Å². The van der Waals surface area contributed by atoms with Gasteiger partial charge in [-0.05, 0) is 48.9 Å². The number of nitrogens with zero attached hydrogens (tertiary/aromatic N) is 1. The smallest absolute Gasteiger partial charge is 0.287 e. The number of nitrogens with one attached hydrogen (secondary N) is 1. The molecular formula is C22H20N2O4S. The monoisotopic (exact) mass is 408 g/mol. The molecular weight excluding hydrogens is 388 g/mol. The van der Waals surface area contributed by atoms with Crippen molar-refractivity contribution in [3.8, 4) is 22.3 Å². The number of para-hydroxylation sites is 1. The maximum absolute atomic E-state index is 12.6. The number of furan rings is 1. The minimum Gasteiger partial charge on any atom is -0.493 e. The first-order valence-corrected chi connectivity index (χ1v) is 9.89. The zero-order valence-electron chi connectivity index (χ0n) is 16.3. The van der Waals surface area contributed by atoms with Crippen molar-refractivity contribution in [1.82, 2.24) is 10.3 Å². The molecule has 0 aliphatic heterocycles. The molecule has 0 bridgehead atoms. The summed E-state index contributed by atoms with van der Waals surface area (Å²) < 4.78 is 17.4. The third kappa shape index (κ3) is 3.82. The zero-order chi connectivity index (χ0) is 20.4. The van der Waals surface area contributed by atoms with Crippen LogP contribution in [0.2, 0.25) is 0 Å². The number of amides is 1. The molecule has 0 saturated carbocycles. The number of aromatic nitrogens is 1. The van der Waals surface area contributed by atoms with Crippen molar-refractivity contribution in [1.29, 1.82) is 0 Å². The minimum atomic E-state index is -0.292. The van der Waals surface area contributed by atoms with Crippen molar-refractivity contribution in [2.75, 3.05) is 14.2 Å². The van der Waals surface area contributed by atoms with Crippen LogP contribution < -0.4 is 14.8 Å². The molecule has 29 heavy (non-hydrogen) atoms. The molecule has 148 valence electrons. The molecule has 6 nitrogen and oxygen atoms in total. The number of fused-ring (bicyclic) bond motifs is 1. The molecule has 1 amide bonds. The average Bonchev–Trinajstić information content (AvgIpc) is 3.40. The van der Waals surface area contributed by atoms with Crippen LogP contribution in [0.1, 0.15) is 29.1 Å². The maximum atomic E-state index is 12.6. The zero-order valence-corrected chi connectivity index (χ0v) is 17.1. The molecule has 7 heteroatoms. The first-order chi connectivity index (χ1) is 14.1. The van der Waals surface area contributed by atoms with Crippen LogP contribution in [0.4, 0.5) is 0 Å². The number of carbonyl (C=O) groups excluding carboxylic acids is 1. The highest BCUT2D eigenvalue weighted by molar-refractivity contribution is 7.21. The Morgan fingerprint density at radius 2 is 1.86 bits per heavy atom. The number of ether oxygens (including phenoxy) is 2. The highest BCUT2D eigenvalue weighted by atomic mass is 32.1. The summed E-state index contributed by atoms with van der Waals surface area (Å²) in [6.07, 6.45) is 0. The van der Waals surface area contributed by atoms with Gasteiger partial charge in [0.25, 0.3) is 5.91 Å². The molecule has 0 saturated heterocycles. The van der Waals surface area contributed by atoms with E-state index in [0.29, 0.717) is 17.3 Å². The summed E-state index contributed by atoms with van der Waals surface area (Å²) in [6.45, 7) is 1.90. The molecule has 1 atom stereocenters. The summed E-state index contributed by atoms with van der Waals surface area (Å²) in [7, 11) is 3.17. The van der Waals surface area contributed by atoms with Crippen LogP contribution in [0.25, 0.3) is 21.0 Å². The van der Waals surface area contributed by atoms with Gasteiger partial charge in [-0.1, -0.05) is 18.2 Å². The SMILES string of the molecule is COc1ccc(C(C)NC(=O)c2ccc(-c3nc4ccccc4s3)o2)cc1OC. The summed E-state index contributed by atoms with van der Waals surface area (Å²) >= 11 is 1.53. The van der Waals surface area contributed by atoms with Gasteiger partial charge in [-0.25, -0.2) is 4.98 Å². The maximum Gasteiger partial charge on any atom is 0.287 e. The molecule has 4 rings (SSSR count). The van der Waals surface area contributed by atoms with Crippen molar-refractivity contribution < 1.29 is 18.7 Å². The van der Waals surface area contributed by atoms with Crippen LogP contribution in [0, 0.1) is 0 Å². The van der Waals surface area contributed by atoms with Gasteiger partial charge in [-0.2, -0.15) is 0 Å². The summed E-state index contributed by atoms with van der Waals surface area (Å²) in [6, 6.07) is 16.6. The van der Waals surface area contributed by atoms with Gasteiger partial charge in [0, 0.05) is 0 Å². The highest BCUT2D eigenvalue weighted by Crippen LogP contribution is 2.32. The Labute approximate surface area is 172 Å². The second-order valence-corrected chi connectivity index (χ2v) is 7.49. The Kier molecular flexibility index (Phi) is 5.22. The summed E-state index contributed by atoms with van der Waals surface area (Å²) in [5.41, 5.74) is 1.81. The lowest BCUT2D eigenvalue weighted by Gasteiger charge is -2.16. The van der Waals surface area contributed by atoms with E-state index in [1.807, 2.05) is 49.4 Å². The highest BCUT2D eigenvalue weighted by Gasteiger charge is 2.18. The van der Waals surface area contributed by atoms with E-state index in [0.717, 1.165) is 20.8 Å². The van der Waals surface area contributed by atoms with Crippen molar-refractivity contribution in [2.24, 2.45) is 0 Å². The topological polar surface area (TPSA) is 73.6 Å².